The zero-order valence-corrected chi connectivity index (χ0v) is 15.5. The molecule has 0 radical (unpaired) electrons. The van der Waals surface area contributed by atoms with Gasteiger partial charge in [0.1, 0.15) is 0 Å². The van der Waals surface area contributed by atoms with Crippen molar-refractivity contribution in [1.82, 2.24) is 9.80 Å². The molecule has 0 bridgehead atoms. The summed E-state index contributed by atoms with van der Waals surface area (Å²) >= 11 is 0. The van der Waals surface area contributed by atoms with Crippen LogP contribution < -0.4 is 0 Å². The van der Waals surface area contributed by atoms with Gasteiger partial charge in [-0.25, -0.2) is 0 Å². The summed E-state index contributed by atoms with van der Waals surface area (Å²) in [6, 6.07) is 10.9. The molecule has 1 amide bonds. The summed E-state index contributed by atoms with van der Waals surface area (Å²) in [5, 5.41) is 10.2. The molecule has 4 aliphatic rings. The average molecular weight is 354 g/mol. The van der Waals surface area contributed by atoms with Gasteiger partial charge in [0.15, 0.2) is 0 Å². The Kier molecular flexibility index (Phi) is 4.09. The Morgan fingerprint density at radius 2 is 1.77 bits per heavy atom. The lowest BCUT2D eigenvalue weighted by Crippen LogP contribution is -2.85. The van der Waals surface area contributed by atoms with E-state index in [-0.39, 0.29) is 18.2 Å². The van der Waals surface area contributed by atoms with Gasteiger partial charge in [0.2, 0.25) is 5.91 Å². The zero-order chi connectivity index (χ0) is 17.7. The lowest BCUT2D eigenvalue weighted by molar-refractivity contribution is -0.200. The Morgan fingerprint density at radius 1 is 1.08 bits per heavy atom. The fraction of sp³-hybridized carbons (Fsp3) is 0.682. The van der Waals surface area contributed by atoms with Crippen molar-refractivity contribution < 1.29 is 9.90 Å². The monoisotopic (exact) mass is 354 g/mol. The molecule has 4 fully saturated rings. The van der Waals surface area contributed by atoms with Gasteiger partial charge in [-0.15, -0.1) is 0 Å². The number of nitrogens with zero attached hydrogens (tertiary/aromatic N) is 2. The number of aliphatic hydroxyl groups excluding tert-OH is 1. The molecule has 4 nitrogen and oxygen atoms in total. The molecule has 2 saturated carbocycles. The fourth-order valence-electron chi connectivity index (χ4n) is 5.89. The van der Waals surface area contributed by atoms with Crippen LogP contribution in [0.3, 0.4) is 0 Å². The van der Waals surface area contributed by atoms with E-state index in [2.05, 4.69) is 40.1 Å². The molecular formula is C22H30N2O2. The Morgan fingerprint density at radius 3 is 2.38 bits per heavy atom. The van der Waals surface area contributed by atoms with Crippen molar-refractivity contribution in [2.75, 3.05) is 26.2 Å². The highest BCUT2D eigenvalue weighted by Gasteiger charge is 2.66. The van der Waals surface area contributed by atoms with Crippen LogP contribution in [0.15, 0.2) is 30.3 Å². The molecule has 26 heavy (non-hydrogen) atoms. The standard InChI is InChI=1S/C22H30N2O2/c25-13-19-20(17-8-2-1-3-9-17)22(24(19)12-16-6-4-5-7-16)14-23(15-22)21(26)18-10-11-18/h1-3,8-9,16,18-20,25H,4-7,10-15H2/t19-,20-/m1/s1. The van der Waals surface area contributed by atoms with Crippen LogP contribution in [0.1, 0.15) is 50.0 Å². The van der Waals surface area contributed by atoms with Crippen molar-refractivity contribution in [1.29, 1.82) is 0 Å². The Hall–Kier alpha value is -1.39. The SMILES string of the molecule is O=C(C1CC1)N1CC2(C1)[C@H](c1ccccc1)[C@@H](CO)N2CC1CCCC1. The Bertz CT molecular complexity index is 660. The number of likely N-dealkylation sites (tertiary alicyclic amines) is 2. The first-order chi connectivity index (χ1) is 12.7. The second-order valence-electron chi connectivity index (χ2n) is 9.01. The minimum absolute atomic E-state index is 0.0574. The number of benzene rings is 1. The topological polar surface area (TPSA) is 43.8 Å². The second kappa shape index (κ2) is 6.35. The summed E-state index contributed by atoms with van der Waals surface area (Å²) in [6.07, 6.45) is 7.51. The molecule has 2 atom stereocenters. The van der Waals surface area contributed by atoms with E-state index in [4.69, 9.17) is 0 Å². The average Bonchev–Trinajstić information content (AvgIpc) is 3.34. The third kappa shape index (κ3) is 2.53. The molecule has 2 aliphatic carbocycles. The van der Waals surface area contributed by atoms with Crippen molar-refractivity contribution in [3.63, 3.8) is 0 Å². The maximum atomic E-state index is 12.5. The van der Waals surface area contributed by atoms with Gasteiger partial charge in [0.05, 0.1) is 12.1 Å². The lowest BCUT2D eigenvalue weighted by atomic mass is 9.60. The third-order valence-corrected chi connectivity index (χ3v) is 7.38. The van der Waals surface area contributed by atoms with Gasteiger partial charge in [0.25, 0.3) is 0 Å². The quantitative estimate of drug-likeness (QED) is 0.884. The van der Waals surface area contributed by atoms with Gasteiger partial charge >= 0.3 is 0 Å². The molecule has 1 aromatic rings. The van der Waals surface area contributed by atoms with Gasteiger partial charge in [-0.2, -0.15) is 0 Å². The first-order valence-corrected chi connectivity index (χ1v) is 10.4. The fourth-order valence-corrected chi connectivity index (χ4v) is 5.89. The summed E-state index contributed by atoms with van der Waals surface area (Å²) in [5.41, 5.74) is 1.38. The van der Waals surface area contributed by atoms with E-state index in [9.17, 15) is 9.90 Å². The molecule has 5 rings (SSSR count). The van der Waals surface area contributed by atoms with Crippen LogP contribution >= 0.6 is 0 Å². The molecular weight excluding hydrogens is 324 g/mol. The molecule has 2 aliphatic heterocycles. The second-order valence-corrected chi connectivity index (χ2v) is 9.01. The maximum absolute atomic E-state index is 12.5. The molecule has 140 valence electrons. The summed E-state index contributed by atoms with van der Waals surface area (Å²) in [5.74, 6) is 1.79. The third-order valence-electron chi connectivity index (χ3n) is 7.38. The van der Waals surface area contributed by atoms with Crippen LogP contribution in [-0.4, -0.2) is 58.6 Å². The molecule has 4 heteroatoms. The minimum Gasteiger partial charge on any atom is -0.395 e. The first-order valence-electron chi connectivity index (χ1n) is 10.4. The van der Waals surface area contributed by atoms with Gasteiger partial charge in [-0.3, -0.25) is 9.69 Å². The summed E-state index contributed by atoms with van der Waals surface area (Å²) in [4.78, 5) is 17.2. The Balaban J connectivity index is 1.39. The van der Waals surface area contributed by atoms with E-state index >= 15 is 0 Å². The van der Waals surface area contributed by atoms with Crippen molar-refractivity contribution in [3.8, 4) is 0 Å². The van der Waals surface area contributed by atoms with E-state index in [1.54, 1.807) is 0 Å². The van der Waals surface area contributed by atoms with E-state index < -0.39 is 0 Å². The van der Waals surface area contributed by atoms with Gasteiger partial charge in [-0.05, 0) is 37.2 Å². The van der Waals surface area contributed by atoms with Crippen LogP contribution in [-0.2, 0) is 4.79 Å². The highest BCUT2D eigenvalue weighted by molar-refractivity contribution is 5.82. The number of hydrogen-bond donors (Lipinski definition) is 1. The normalized spacial score (nSPS) is 31.0. The van der Waals surface area contributed by atoms with Crippen LogP contribution in [0.5, 0.6) is 0 Å². The Labute approximate surface area is 156 Å². The predicted molar refractivity (Wildman–Crippen MR) is 101 cm³/mol. The van der Waals surface area contributed by atoms with E-state index in [0.717, 1.165) is 38.4 Å². The van der Waals surface area contributed by atoms with Crippen molar-refractivity contribution in [2.24, 2.45) is 11.8 Å². The summed E-state index contributed by atoms with van der Waals surface area (Å²) in [6.45, 7) is 3.01. The lowest BCUT2D eigenvalue weighted by Gasteiger charge is -2.71. The van der Waals surface area contributed by atoms with E-state index in [1.165, 1.54) is 31.2 Å². The van der Waals surface area contributed by atoms with Crippen molar-refractivity contribution >= 4 is 5.91 Å². The van der Waals surface area contributed by atoms with Crippen LogP contribution in [0.2, 0.25) is 0 Å². The first kappa shape index (κ1) is 16.8. The molecule has 0 aromatic heterocycles. The maximum Gasteiger partial charge on any atom is 0.225 e. The summed E-state index contributed by atoms with van der Waals surface area (Å²) in [7, 11) is 0. The predicted octanol–water partition coefficient (Wildman–Crippen LogP) is 2.63. The molecule has 0 unspecified atom stereocenters. The highest BCUT2D eigenvalue weighted by atomic mass is 16.3. The van der Waals surface area contributed by atoms with Crippen LogP contribution in [0.25, 0.3) is 0 Å². The van der Waals surface area contributed by atoms with Gasteiger partial charge in [-0.1, -0.05) is 43.2 Å². The molecule has 1 aromatic carbocycles. The van der Waals surface area contributed by atoms with Gasteiger partial charge < -0.3 is 10.0 Å². The summed E-state index contributed by atoms with van der Waals surface area (Å²) < 4.78 is 0. The molecule has 2 saturated heterocycles. The van der Waals surface area contributed by atoms with E-state index in [0.29, 0.717) is 17.7 Å². The molecule has 1 spiro atoms. The molecule has 1 N–H and O–H groups in total. The van der Waals surface area contributed by atoms with Crippen molar-refractivity contribution in [3.05, 3.63) is 35.9 Å². The number of amides is 1. The number of aliphatic hydroxyl groups is 1. The zero-order valence-electron chi connectivity index (χ0n) is 15.5. The van der Waals surface area contributed by atoms with E-state index in [1.807, 2.05) is 0 Å². The largest absolute Gasteiger partial charge is 0.395 e. The number of carbonyl (C=O) groups is 1. The molecule has 2 heterocycles. The van der Waals surface area contributed by atoms with Crippen LogP contribution in [0.4, 0.5) is 0 Å². The smallest absolute Gasteiger partial charge is 0.225 e. The van der Waals surface area contributed by atoms with Gasteiger partial charge in [0, 0.05) is 37.5 Å². The number of hydrogen-bond acceptors (Lipinski definition) is 3. The number of carbonyl (C=O) groups excluding carboxylic acids is 1. The van der Waals surface area contributed by atoms with Crippen LogP contribution in [0, 0.1) is 11.8 Å². The minimum atomic E-state index is 0.0574. The van der Waals surface area contributed by atoms with Crippen molar-refractivity contribution in [2.45, 2.75) is 56.0 Å². The number of rotatable bonds is 5. The highest BCUT2D eigenvalue weighted by Crippen LogP contribution is 2.55.